The number of hydrogen-bond acceptors (Lipinski definition) is 4. The van der Waals surface area contributed by atoms with E-state index in [1.54, 1.807) is 0 Å². The highest BCUT2D eigenvalue weighted by Crippen LogP contribution is 2.20. The maximum Gasteiger partial charge on any atom is 0.193 e. The summed E-state index contributed by atoms with van der Waals surface area (Å²) in [6.07, 6.45) is 7.41. The first-order chi connectivity index (χ1) is 15.1. The van der Waals surface area contributed by atoms with Crippen molar-refractivity contribution in [3.63, 3.8) is 0 Å². The van der Waals surface area contributed by atoms with Gasteiger partial charge in [0, 0.05) is 33.3 Å². The number of rotatable bonds is 8. The molecule has 1 aromatic rings. The molecule has 2 unspecified atom stereocenters. The van der Waals surface area contributed by atoms with Crippen LogP contribution in [0.15, 0.2) is 29.3 Å². The Morgan fingerprint density at radius 2 is 1.94 bits per heavy atom. The molecule has 2 fully saturated rings. The van der Waals surface area contributed by atoms with Gasteiger partial charge in [-0.15, -0.1) is 0 Å². The minimum Gasteiger partial charge on any atom is -0.376 e. The van der Waals surface area contributed by atoms with Crippen molar-refractivity contribution >= 4 is 5.96 Å². The molecule has 31 heavy (non-hydrogen) atoms. The van der Waals surface area contributed by atoms with E-state index in [0.717, 1.165) is 64.5 Å². The molecule has 1 aromatic carbocycles. The van der Waals surface area contributed by atoms with E-state index in [1.807, 2.05) is 7.05 Å². The molecule has 6 heteroatoms. The van der Waals surface area contributed by atoms with Crippen molar-refractivity contribution in [1.82, 2.24) is 15.1 Å². The molecular weight excluding hydrogens is 388 g/mol. The summed E-state index contributed by atoms with van der Waals surface area (Å²) in [7, 11) is 6.16. The first-order valence-electron chi connectivity index (χ1n) is 12.0. The molecule has 0 radical (unpaired) electrons. The lowest BCUT2D eigenvalue weighted by atomic mass is 10.0. The Balaban J connectivity index is 1.45. The van der Waals surface area contributed by atoms with Gasteiger partial charge in [-0.1, -0.05) is 31.2 Å². The number of aliphatic imine (C=N–C) groups is 1. The summed E-state index contributed by atoms with van der Waals surface area (Å²) in [5, 5.41) is 3.62. The summed E-state index contributed by atoms with van der Waals surface area (Å²) < 4.78 is 12.0. The summed E-state index contributed by atoms with van der Waals surface area (Å²) in [6, 6.07) is 9.30. The number of piperidine rings is 1. The molecule has 2 atom stereocenters. The normalized spacial score (nSPS) is 22.0. The van der Waals surface area contributed by atoms with Gasteiger partial charge in [0.1, 0.15) is 0 Å². The van der Waals surface area contributed by atoms with Crippen LogP contribution in [0.2, 0.25) is 0 Å². The van der Waals surface area contributed by atoms with Gasteiger partial charge in [-0.05, 0) is 63.7 Å². The van der Waals surface area contributed by atoms with Crippen LogP contribution in [0.3, 0.4) is 0 Å². The monoisotopic (exact) mass is 430 g/mol. The van der Waals surface area contributed by atoms with Gasteiger partial charge in [0.15, 0.2) is 5.96 Å². The minimum absolute atomic E-state index is 0.301. The van der Waals surface area contributed by atoms with Crippen LogP contribution >= 0.6 is 0 Å². The molecule has 0 spiro atoms. The van der Waals surface area contributed by atoms with Gasteiger partial charge in [-0.2, -0.15) is 0 Å². The second-order valence-corrected chi connectivity index (χ2v) is 9.01. The molecule has 0 bridgehead atoms. The molecule has 0 saturated carbocycles. The number of likely N-dealkylation sites (N-methyl/N-ethyl adjacent to an activating group) is 1. The van der Waals surface area contributed by atoms with Crippen molar-refractivity contribution in [1.29, 1.82) is 0 Å². The van der Waals surface area contributed by atoms with Crippen LogP contribution in [0.4, 0.5) is 0 Å². The largest absolute Gasteiger partial charge is 0.376 e. The van der Waals surface area contributed by atoms with Gasteiger partial charge >= 0.3 is 0 Å². The number of guanidine groups is 1. The molecule has 6 nitrogen and oxygen atoms in total. The summed E-state index contributed by atoms with van der Waals surface area (Å²) >= 11 is 0. The third kappa shape index (κ3) is 7.19. The van der Waals surface area contributed by atoms with E-state index in [0.29, 0.717) is 18.2 Å². The van der Waals surface area contributed by atoms with Crippen molar-refractivity contribution in [3.05, 3.63) is 35.4 Å². The Labute approximate surface area is 189 Å². The Hall–Kier alpha value is -1.63. The Kier molecular flexibility index (Phi) is 9.62. The number of nitrogens with zero attached hydrogens (tertiary/aromatic N) is 3. The molecule has 3 rings (SSSR count). The zero-order valence-electron chi connectivity index (χ0n) is 20.0. The number of likely N-dealkylation sites (tertiary alicyclic amines) is 1. The third-order valence-corrected chi connectivity index (χ3v) is 6.59. The number of aryl methyl sites for hydroxylation is 1. The summed E-state index contributed by atoms with van der Waals surface area (Å²) in [5.74, 6) is 0.992. The number of benzene rings is 1. The van der Waals surface area contributed by atoms with Gasteiger partial charge in [0.05, 0.1) is 24.9 Å². The zero-order chi connectivity index (χ0) is 22.1. The fourth-order valence-corrected chi connectivity index (χ4v) is 4.51. The van der Waals surface area contributed by atoms with E-state index < -0.39 is 0 Å². The van der Waals surface area contributed by atoms with Crippen LogP contribution in [0, 0.1) is 0 Å². The highest BCUT2D eigenvalue weighted by molar-refractivity contribution is 5.80. The van der Waals surface area contributed by atoms with Crippen molar-refractivity contribution in [2.24, 2.45) is 4.99 Å². The van der Waals surface area contributed by atoms with Gasteiger partial charge in [0.2, 0.25) is 0 Å². The number of ether oxygens (including phenoxy) is 2. The molecule has 0 aliphatic carbocycles. The summed E-state index contributed by atoms with van der Waals surface area (Å²) in [6.45, 7) is 6.63. The predicted molar refractivity (Wildman–Crippen MR) is 128 cm³/mol. The van der Waals surface area contributed by atoms with Crippen LogP contribution in [0.1, 0.15) is 56.2 Å². The maximum absolute atomic E-state index is 6.17. The van der Waals surface area contributed by atoms with Gasteiger partial charge in [-0.3, -0.25) is 4.99 Å². The fourth-order valence-electron chi connectivity index (χ4n) is 4.51. The number of hydrogen-bond donors (Lipinski definition) is 1. The fraction of sp³-hybridized carbons (Fsp3) is 0.720. The lowest BCUT2D eigenvalue weighted by Crippen LogP contribution is -2.48. The smallest absolute Gasteiger partial charge is 0.193 e. The highest BCUT2D eigenvalue weighted by atomic mass is 16.5. The Morgan fingerprint density at radius 1 is 1.19 bits per heavy atom. The topological polar surface area (TPSA) is 49.3 Å². The van der Waals surface area contributed by atoms with Crippen LogP contribution in [0.5, 0.6) is 0 Å². The van der Waals surface area contributed by atoms with Crippen LogP contribution < -0.4 is 5.32 Å². The first kappa shape index (κ1) is 24.0. The van der Waals surface area contributed by atoms with Crippen LogP contribution in [0.25, 0.3) is 0 Å². The second kappa shape index (κ2) is 12.4. The van der Waals surface area contributed by atoms with E-state index >= 15 is 0 Å². The van der Waals surface area contributed by atoms with Crippen molar-refractivity contribution in [3.8, 4) is 0 Å². The highest BCUT2D eigenvalue weighted by Gasteiger charge is 2.24. The van der Waals surface area contributed by atoms with Crippen LogP contribution in [-0.2, 0) is 15.9 Å². The molecule has 174 valence electrons. The Morgan fingerprint density at radius 3 is 2.52 bits per heavy atom. The lowest BCUT2D eigenvalue weighted by molar-refractivity contribution is -0.0721. The molecule has 2 saturated heterocycles. The van der Waals surface area contributed by atoms with Crippen molar-refractivity contribution < 1.29 is 9.47 Å². The SMILES string of the molecule is CCc1ccc(C(CNC(=NC)N2CCC(OCC3CCCCO3)CC2)N(C)C)cc1. The summed E-state index contributed by atoms with van der Waals surface area (Å²) in [5.41, 5.74) is 2.72. The molecular formula is C25H42N4O2. The molecule has 2 heterocycles. The number of nitrogens with one attached hydrogen (secondary N) is 1. The average Bonchev–Trinajstić information content (AvgIpc) is 2.82. The molecule has 0 aromatic heterocycles. The van der Waals surface area contributed by atoms with Gasteiger partial charge in [0.25, 0.3) is 0 Å². The molecule has 2 aliphatic rings. The quantitative estimate of drug-likeness (QED) is 0.505. The zero-order valence-corrected chi connectivity index (χ0v) is 20.0. The van der Waals surface area contributed by atoms with E-state index in [2.05, 4.69) is 65.4 Å². The molecule has 0 amide bonds. The van der Waals surface area contributed by atoms with E-state index in [-0.39, 0.29) is 0 Å². The van der Waals surface area contributed by atoms with Gasteiger partial charge < -0.3 is 24.6 Å². The maximum atomic E-state index is 6.17. The Bertz CT molecular complexity index is 663. The first-order valence-corrected chi connectivity index (χ1v) is 12.0. The molecule has 2 aliphatic heterocycles. The predicted octanol–water partition coefficient (Wildman–Crippen LogP) is 3.48. The lowest BCUT2D eigenvalue weighted by Gasteiger charge is -2.36. The van der Waals surface area contributed by atoms with E-state index in [4.69, 9.17) is 9.47 Å². The third-order valence-electron chi connectivity index (χ3n) is 6.59. The van der Waals surface area contributed by atoms with Crippen molar-refractivity contribution in [2.45, 2.75) is 63.7 Å². The molecule has 1 N–H and O–H groups in total. The second-order valence-electron chi connectivity index (χ2n) is 9.01. The average molecular weight is 431 g/mol. The van der Waals surface area contributed by atoms with Crippen molar-refractivity contribution in [2.75, 3.05) is 54.0 Å². The van der Waals surface area contributed by atoms with Gasteiger partial charge in [-0.25, -0.2) is 0 Å². The van der Waals surface area contributed by atoms with E-state index in [9.17, 15) is 0 Å². The van der Waals surface area contributed by atoms with E-state index in [1.165, 1.54) is 24.0 Å². The standard InChI is InChI=1S/C25H42N4O2/c1-5-20-9-11-21(12-10-20)24(28(3)4)18-27-25(26-2)29-15-13-22(14-16-29)31-19-23-8-6-7-17-30-23/h9-12,22-24H,5-8,13-19H2,1-4H3,(H,26,27). The van der Waals surface area contributed by atoms with Crippen LogP contribution in [-0.4, -0.2) is 82.0 Å². The summed E-state index contributed by atoms with van der Waals surface area (Å²) in [4.78, 5) is 9.20. The minimum atomic E-state index is 0.301.